The van der Waals surface area contributed by atoms with Crippen molar-refractivity contribution in [3.05, 3.63) is 86.2 Å². The van der Waals surface area contributed by atoms with Gasteiger partial charge in [-0.1, -0.05) is 24.3 Å². The summed E-state index contributed by atoms with van der Waals surface area (Å²) < 4.78 is 1.80. The first-order valence-electron chi connectivity index (χ1n) is 16.8. The monoisotopic (exact) mass is 715 g/mol. The van der Waals surface area contributed by atoms with Crippen LogP contribution >= 0.6 is 15.9 Å². The number of hydrogen-bond donors (Lipinski definition) is 2. The highest BCUT2D eigenvalue weighted by atomic mass is 79.9. The van der Waals surface area contributed by atoms with Gasteiger partial charge >= 0.3 is 0 Å². The van der Waals surface area contributed by atoms with Gasteiger partial charge < -0.3 is 20.0 Å². The fraction of sp³-hybridized carbons (Fsp3) is 0.472. The van der Waals surface area contributed by atoms with Crippen LogP contribution in [0.5, 0.6) is 0 Å². The first-order valence-corrected chi connectivity index (χ1v) is 17.6. The van der Waals surface area contributed by atoms with Crippen LogP contribution in [0.25, 0.3) is 0 Å². The summed E-state index contributed by atoms with van der Waals surface area (Å²) in [7, 11) is 3.74. The van der Waals surface area contributed by atoms with Crippen LogP contribution in [0.1, 0.15) is 65.4 Å². The number of hydrogen-bond acceptors (Lipinski definition) is 8. The highest BCUT2D eigenvalue weighted by Crippen LogP contribution is 2.43. The molecule has 4 aliphatic heterocycles. The average molecular weight is 717 g/mol. The van der Waals surface area contributed by atoms with E-state index in [2.05, 4.69) is 72.8 Å². The molecule has 252 valence electrons. The zero-order valence-electron chi connectivity index (χ0n) is 27.5. The third kappa shape index (κ3) is 6.52. The lowest BCUT2D eigenvalue weighted by Gasteiger charge is -2.55. The number of anilines is 2. The maximum atomic E-state index is 13.5. The highest BCUT2D eigenvalue weighted by molar-refractivity contribution is 9.10. The summed E-state index contributed by atoms with van der Waals surface area (Å²) in [5, 5.41) is 10.1. The number of piperidine rings is 3. The number of likely N-dealkylation sites (tertiary alicyclic amines) is 2. The second-order valence-electron chi connectivity index (χ2n) is 14.2. The maximum absolute atomic E-state index is 13.5. The standard InChI is InChI=1S/C36H42BrN7O4/c1-41-19-26(16-27(20-41)39-30-18-38-42(2)35(48)32(30)37)23-6-8-24(9-7-23)34(47)43-14-12-36(13-15-43)21-44(22-36)28-5-3-4-25(17-28)29-10-11-31(45)40-33(29)46/h3-9,17-18,26-27,29,39H,10-16,19-22H2,1-2H3,(H,40,45,46)/t26-,27+,29?/m0/s1. The zero-order valence-corrected chi connectivity index (χ0v) is 29.0. The molecule has 1 unspecified atom stereocenters. The molecular weight excluding hydrogens is 674 g/mol. The van der Waals surface area contributed by atoms with E-state index in [1.54, 1.807) is 13.2 Å². The molecule has 4 saturated heterocycles. The zero-order chi connectivity index (χ0) is 33.6. The number of rotatable bonds is 6. The number of likely N-dealkylation sites (N-methyl/N-ethyl adjacent to an activating group) is 1. The molecule has 2 N–H and O–H groups in total. The quantitative estimate of drug-likeness (QED) is 0.371. The van der Waals surface area contributed by atoms with E-state index in [0.717, 1.165) is 75.3 Å². The Labute approximate surface area is 288 Å². The lowest BCUT2D eigenvalue weighted by molar-refractivity contribution is -0.134. The summed E-state index contributed by atoms with van der Waals surface area (Å²) in [5.41, 5.74) is 4.75. The fourth-order valence-corrected chi connectivity index (χ4v) is 8.45. The summed E-state index contributed by atoms with van der Waals surface area (Å²) in [5.74, 6) is -0.293. The Hall–Kier alpha value is -4.03. The van der Waals surface area contributed by atoms with Crippen molar-refractivity contribution >= 4 is 45.0 Å². The van der Waals surface area contributed by atoms with E-state index in [1.807, 2.05) is 29.2 Å². The highest BCUT2D eigenvalue weighted by Gasteiger charge is 2.45. The predicted octanol–water partition coefficient (Wildman–Crippen LogP) is 3.71. The Morgan fingerprint density at radius 2 is 1.75 bits per heavy atom. The third-order valence-electron chi connectivity index (χ3n) is 10.7. The van der Waals surface area contributed by atoms with Crippen LogP contribution in [-0.2, 0) is 16.6 Å². The molecule has 0 radical (unpaired) electrons. The molecule has 4 fully saturated rings. The van der Waals surface area contributed by atoms with Crippen molar-refractivity contribution in [3.8, 4) is 0 Å². The summed E-state index contributed by atoms with van der Waals surface area (Å²) in [6.45, 7) is 5.17. The molecule has 1 aromatic heterocycles. The Kier molecular flexibility index (Phi) is 8.88. The number of benzene rings is 2. The molecule has 3 aromatic rings. The van der Waals surface area contributed by atoms with Crippen molar-refractivity contribution < 1.29 is 14.4 Å². The molecule has 1 spiro atoms. The Morgan fingerprint density at radius 1 is 1.00 bits per heavy atom. The normalized spacial score (nSPS) is 24.3. The molecule has 5 heterocycles. The van der Waals surface area contributed by atoms with Gasteiger partial charge in [0.25, 0.3) is 11.5 Å². The van der Waals surface area contributed by atoms with E-state index in [9.17, 15) is 19.2 Å². The van der Waals surface area contributed by atoms with Gasteiger partial charge in [0, 0.05) is 75.4 Å². The molecule has 0 bridgehead atoms. The van der Waals surface area contributed by atoms with Gasteiger partial charge in [-0.15, -0.1) is 0 Å². The van der Waals surface area contributed by atoms with Crippen LogP contribution in [0.2, 0.25) is 0 Å². The Morgan fingerprint density at radius 3 is 2.48 bits per heavy atom. The number of imide groups is 1. The van der Waals surface area contributed by atoms with E-state index in [0.29, 0.717) is 28.9 Å². The Balaban J connectivity index is 0.922. The summed E-state index contributed by atoms with van der Waals surface area (Å²) >= 11 is 3.42. The molecule has 3 atom stereocenters. The molecule has 11 nitrogen and oxygen atoms in total. The smallest absolute Gasteiger partial charge is 0.282 e. The number of nitrogens with zero attached hydrogens (tertiary/aromatic N) is 5. The van der Waals surface area contributed by atoms with Crippen LogP contribution in [0.15, 0.2) is 64.0 Å². The second-order valence-corrected chi connectivity index (χ2v) is 15.0. The number of aromatic nitrogens is 2. The lowest BCUT2D eigenvalue weighted by atomic mass is 9.71. The first-order chi connectivity index (χ1) is 23.1. The third-order valence-corrected chi connectivity index (χ3v) is 11.5. The van der Waals surface area contributed by atoms with E-state index >= 15 is 0 Å². The minimum atomic E-state index is -0.280. The summed E-state index contributed by atoms with van der Waals surface area (Å²) in [4.78, 5) is 56.5. The minimum Gasteiger partial charge on any atom is -0.379 e. The summed E-state index contributed by atoms with van der Waals surface area (Å²) in [6.07, 6.45) is 5.47. The van der Waals surface area contributed by atoms with Gasteiger partial charge in [-0.3, -0.25) is 24.5 Å². The van der Waals surface area contributed by atoms with Gasteiger partial charge in [-0.25, -0.2) is 4.68 Å². The van der Waals surface area contributed by atoms with Crippen molar-refractivity contribution in [1.82, 2.24) is 24.9 Å². The van der Waals surface area contributed by atoms with Crippen LogP contribution in [0, 0.1) is 5.41 Å². The van der Waals surface area contributed by atoms with Crippen LogP contribution in [-0.4, -0.2) is 89.7 Å². The van der Waals surface area contributed by atoms with E-state index in [1.165, 1.54) is 10.2 Å². The van der Waals surface area contributed by atoms with Gasteiger partial charge in [-0.05, 0) is 90.0 Å². The summed E-state index contributed by atoms with van der Waals surface area (Å²) in [6, 6.07) is 16.5. The van der Waals surface area contributed by atoms with Gasteiger partial charge in [0.1, 0.15) is 4.47 Å². The topological polar surface area (TPSA) is 120 Å². The molecule has 48 heavy (non-hydrogen) atoms. The molecule has 0 saturated carbocycles. The fourth-order valence-electron chi connectivity index (χ4n) is 7.97. The number of aryl methyl sites for hydroxylation is 1. The molecule has 3 amide bonds. The molecular formula is C36H42BrN7O4. The molecule has 0 aliphatic carbocycles. The van der Waals surface area contributed by atoms with Gasteiger partial charge in [0.2, 0.25) is 11.8 Å². The first kappa shape index (κ1) is 32.5. The number of nitrogens with one attached hydrogen (secondary N) is 2. The predicted molar refractivity (Wildman–Crippen MR) is 187 cm³/mol. The van der Waals surface area contributed by atoms with E-state index in [4.69, 9.17) is 0 Å². The average Bonchev–Trinajstić information content (AvgIpc) is 3.07. The van der Waals surface area contributed by atoms with Crippen molar-refractivity contribution in [3.63, 3.8) is 0 Å². The van der Waals surface area contributed by atoms with Crippen molar-refractivity contribution in [2.75, 3.05) is 56.5 Å². The van der Waals surface area contributed by atoms with Crippen LogP contribution in [0.4, 0.5) is 11.4 Å². The number of amides is 3. The van der Waals surface area contributed by atoms with Gasteiger partial charge in [0.15, 0.2) is 0 Å². The molecule has 2 aromatic carbocycles. The number of carbonyl (C=O) groups is 3. The van der Waals surface area contributed by atoms with Gasteiger partial charge in [-0.2, -0.15) is 5.10 Å². The number of halogens is 1. The SMILES string of the molecule is CN1C[C@H](Nc2cnn(C)c(=O)c2Br)C[C@H](c2ccc(C(=O)N3CCC4(CC3)CN(c3cccc(C5CCC(=O)NC5=O)c3)C4)cc2)C1. The largest absolute Gasteiger partial charge is 0.379 e. The number of carbonyl (C=O) groups excluding carboxylic acids is 3. The van der Waals surface area contributed by atoms with Crippen molar-refractivity contribution in [2.45, 2.75) is 50.0 Å². The lowest BCUT2D eigenvalue weighted by Crippen LogP contribution is -2.61. The van der Waals surface area contributed by atoms with Crippen molar-refractivity contribution in [2.24, 2.45) is 12.5 Å². The minimum absolute atomic E-state index is 0.0906. The molecule has 7 rings (SSSR count). The molecule has 4 aliphatic rings. The van der Waals surface area contributed by atoms with Crippen LogP contribution < -0.4 is 21.1 Å². The second kappa shape index (κ2) is 13.1. The molecule has 12 heteroatoms. The van der Waals surface area contributed by atoms with E-state index in [-0.39, 0.29) is 40.7 Å². The maximum Gasteiger partial charge on any atom is 0.282 e. The van der Waals surface area contributed by atoms with Gasteiger partial charge in [0.05, 0.1) is 17.8 Å². The van der Waals surface area contributed by atoms with Crippen molar-refractivity contribution in [1.29, 1.82) is 0 Å². The van der Waals surface area contributed by atoms with Crippen LogP contribution in [0.3, 0.4) is 0 Å². The Bertz CT molecular complexity index is 1780. The van der Waals surface area contributed by atoms with E-state index < -0.39 is 0 Å².